The van der Waals surface area contributed by atoms with Crippen LogP contribution in [0.3, 0.4) is 0 Å². The molecular weight excluding hydrogens is 170 g/mol. The Balaban J connectivity index is 0. The molecule has 1 aliphatic rings. The lowest BCUT2D eigenvalue weighted by Crippen LogP contribution is -2.23. The summed E-state index contributed by atoms with van der Waals surface area (Å²) in [5.74, 6) is -1.82. The summed E-state index contributed by atoms with van der Waals surface area (Å²) in [5.41, 5.74) is 0. The zero-order valence-electron chi connectivity index (χ0n) is 9.66. The summed E-state index contributed by atoms with van der Waals surface area (Å²) in [6, 6.07) is 0. The summed E-state index contributed by atoms with van der Waals surface area (Å²) in [4.78, 5) is 0. The normalized spacial score (nSPS) is 20.5. The molecule has 2 heteroatoms. The maximum atomic E-state index is 12.4. The Morgan fingerprint density at radius 2 is 1.23 bits per heavy atom. The number of alkyl halides is 2. The number of rotatable bonds is 0. The molecule has 1 rings (SSSR count). The van der Waals surface area contributed by atoms with Crippen LogP contribution in [0.5, 0.6) is 0 Å². The third-order valence-electron chi connectivity index (χ3n) is 2.01. The number of hydrogen-bond donors (Lipinski definition) is 0. The summed E-state index contributed by atoms with van der Waals surface area (Å²) >= 11 is 0. The van der Waals surface area contributed by atoms with E-state index in [-0.39, 0.29) is 12.8 Å². The summed E-state index contributed by atoms with van der Waals surface area (Å²) in [7, 11) is 0. The maximum absolute atomic E-state index is 12.4. The highest BCUT2D eigenvalue weighted by Gasteiger charge is 2.32. The molecule has 0 aromatic carbocycles. The Kier molecular flexibility index (Phi) is 9.98. The van der Waals surface area contributed by atoms with E-state index in [1.165, 1.54) is 0 Å². The molecule has 82 valence electrons. The van der Waals surface area contributed by atoms with Crippen LogP contribution < -0.4 is 0 Å². The van der Waals surface area contributed by atoms with E-state index in [4.69, 9.17) is 0 Å². The van der Waals surface area contributed by atoms with Gasteiger partial charge in [-0.3, -0.25) is 0 Å². The lowest BCUT2D eigenvalue weighted by atomic mass is 9.88. The van der Waals surface area contributed by atoms with Crippen LogP contribution in [0.4, 0.5) is 8.78 Å². The number of hydrogen-bond acceptors (Lipinski definition) is 0. The minimum atomic E-state index is -2.34. The van der Waals surface area contributed by atoms with Crippen LogP contribution in [0.2, 0.25) is 0 Å². The summed E-state index contributed by atoms with van der Waals surface area (Å²) in [6.45, 7) is 10.0. The Morgan fingerprint density at radius 1 is 0.923 bits per heavy atom. The molecule has 0 N–H and O–H groups in total. The summed E-state index contributed by atoms with van der Waals surface area (Å²) in [5, 5.41) is 0. The highest BCUT2D eigenvalue weighted by Crippen LogP contribution is 2.35. The van der Waals surface area contributed by atoms with Crippen molar-refractivity contribution >= 4 is 0 Å². The predicted molar refractivity (Wildman–Crippen MR) is 55.3 cm³/mol. The molecule has 0 unspecified atom stereocenters. The van der Waals surface area contributed by atoms with Crippen LogP contribution in [0, 0.1) is 5.92 Å². The average molecular weight is 194 g/mol. The molecule has 1 aliphatic carbocycles. The third kappa shape index (κ3) is 8.20. The van der Waals surface area contributed by atoms with Crippen molar-refractivity contribution < 1.29 is 8.78 Å². The summed E-state index contributed by atoms with van der Waals surface area (Å²) < 4.78 is 24.8. The smallest absolute Gasteiger partial charge is 0.207 e. The highest BCUT2D eigenvalue weighted by molar-refractivity contribution is 4.74. The fraction of sp³-hybridized carbons (Fsp3) is 1.00. The first-order valence-electron chi connectivity index (χ1n) is 5.48. The standard InChI is InChI=1S/C7H12F2.2C2H6/c1-6-2-4-7(8,9)5-3-6;2*1-2/h6H,2-5H2,1H3;2*1-2H3. The Bertz CT molecular complexity index is 90.3. The van der Waals surface area contributed by atoms with Gasteiger partial charge in [0.05, 0.1) is 0 Å². The number of halogens is 2. The molecule has 0 aliphatic heterocycles. The molecule has 0 aromatic rings. The van der Waals surface area contributed by atoms with Gasteiger partial charge < -0.3 is 0 Å². The van der Waals surface area contributed by atoms with E-state index < -0.39 is 5.92 Å². The van der Waals surface area contributed by atoms with E-state index in [0.29, 0.717) is 18.8 Å². The SMILES string of the molecule is CC.CC.CC1CCC(F)(F)CC1. The lowest BCUT2D eigenvalue weighted by molar-refractivity contribution is -0.0438. The first-order valence-corrected chi connectivity index (χ1v) is 5.48. The zero-order valence-corrected chi connectivity index (χ0v) is 9.66. The monoisotopic (exact) mass is 194 g/mol. The molecule has 0 bridgehead atoms. The van der Waals surface area contributed by atoms with Crippen molar-refractivity contribution in [3.63, 3.8) is 0 Å². The van der Waals surface area contributed by atoms with Gasteiger partial charge in [-0.05, 0) is 18.8 Å². The molecule has 13 heavy (non-hydrogen) atoms. The van der Waals surface area contributed by atoms with Gasteiger partial charge in [0, 0.05) is 12.8 Å². The van der Waals surface area contributed by atoms with Gasteiger partial charge in [0.15, 0.2) is 0 Å². The van der Waals surface area contributed by atoms with Crippen LogP contribution in [-0.4, -0.2) is 5.92 Å². The molecule has 1 fully saturated rings. The van der Waals surface area contributed by atoms with E-state index in [1.54, 1.807) is 0 Å². The van der Waals surface area contributed by atoms with E-state index in [2.05, 4.69) is 0 Å². The van der Waals surface area contributed by atoms with E-state index in [1.807, 2.05) is 34.6 Å². The molecule has 0 aromatic heterocycles. The zero-order chi connectivity index (χ0) is 10.9. The van der Waals surface area contributed by atoms with Crippen molar-refractivity contribution in [2.24, 2.45) is 5.92 Å². The van der Waals surface area contributed by atoms with E-state index >= 15 is 0 Å². The molecule has 0 amide bonds. The van der Waals surface area contributed by atoms with Crippen molar-refractivity contribution in [1.29, 1.82) is 0 Å². The highest BCUT2D eigenvalue weighted by atomic mass is 19.3. The van der Waals surface area contributed by atoms with Crippen LogP contribution in [0.1, 0.15) is 60.3 Å². The van der Waals surface area contributed by atoms with Gasteiger partial charge in [-0.2, -0.15) is 0 Å². The maximum Gasteiger partial charge on any atom is 0.248 e. The van der Waals surface area contributed by atoms with Crippen LogP contribution in [0.15, 0.2) is 0 Å². The van der Waals surface area contributed by atoms with Crippen LogP contribution in [-0.2, 0) is 0 Å². The van der Waals surface area contributed by atoms with Crippen molar-refractivity contribution in [3.8, 4) is 0 Å². The first kappa shape index (κ1) is 15.3. The summed E-state index contributed by atoms with van der Waals surface area (Å²) in [6.07, 6.45) is 1.61. The molecular formula is C11H24F2. The van der Waals surface area contributed by atoms with Gasteiger partial charge in [-0.1, -0.05) is 34.6 Å². The van der Waals surface area contributed by atoms with Crippen molar-refractivity contribution in [2.45, 2.75) is 66.2 Å². The molecule has 0 radical (unpaired) electrons. The molecule has 0 atom stereocenters. The molecule has 0 heterocycles. The quantitative estimate of drug-likeness (QED) is 0.515. The Morgan fingerprint density at radius 3 is 1.46 bits per heavy atom. The second-order valence-electron chi connectivity index (χ2n) is 3.04. The Hall–Kier alpha value is -0.140. The van der Waals surface area contributed by atoms with Gasteiger partial charge in [-0.25, -0.2) is 8.78 Å². The minimum Gasteiger partial charge on any atom is -0.207 e. The second kappa shape index (κ2) is 8.46. The molecule has 1 saturated carbocycles. The van der Waals surface area contributed by atoms with Crippen LogP contribution >= 0.6 is 0 Å². The van der Waals surface area contributed by atoms with Crippen molar-refractivity contribution in [2.75, 3.05) is 0 Å². The van der Waals surface area contributed by atoms with Gasteiger partial charge in [0.1, 0.15) is 0 Å². The van der Waals surface area contributed by atoms with Gasteiger partial charge in [0.25, 0.3) is 0 Å². The Labute approximate surface area is 81.7 Å². The second-order valence-corrected chi connectivity index (χ2v) is 3.04. The largest absolute Gasteiger partial charge is 0.248 e. The van der Waals surface area contributed by atoms with Gasteiger partial charge >= 0.3 is 0 Å². The lowest BCUT2D eigenvalue weighted by Gasteiger charge is -2.25. The first-order chi connectivity index (χ1) is 6.10. The molecule has 0 spiro atoms. The molecule has 0 saturated heterocycles. The van der Waals surface area contributed by atoms with Crippen molar-refractivity contribution in [3.05, 3.63) is 0 Å². The van der Waals surface area contributed by atoms with Crippen LogP contribution in [0.25, 0.3) is 0 Å². The van der Waals surface area contributed by atoms with Gasteiger partial charge in [-0.15, -0.1) is 0 Å². The fourth-order valence-corrected chi connectivity index (χ4v) is 1.18. The van der Waals surface area contributed by atoms with E-state index in [0.717, 1.165) is 0 Å². The molecule has 0 nitrogen and oxygen atoms in total. The third-order valence-corrected chi connectivity index (χ3v) is 2.01. The predicted octanol–water partition coefficient (Wildman–Crippen LogP) is 4.88. The average Bonchev–Trinajstić information content (AvgIpc) is 2.17. The fourth-order valence-electron chi connectivity index (χ4n) is 1.18. The topological polar surface area (TPSA) is 0 Å². The van der Waals surface area contributed by atoms with Gasteiger partial charge in [0.2, 0.25) is 5.92 Å². The minimum absolute atomic E-state index is 0.105. The van der Waals surface area contributed by atoms with Crippen molar-refractivity contribution in [1.82, 2.24) is 0 Å². The van der Waals surface area contributed by atoms with E-state index in [9.17, 15) is 8.78 Å².